The SMILES string of the molecule is CCCC1CCN(C2CCN(c3cccc(N4CCCC4=O)c3)CC2)C1. The lowest BCUT2D eigenvalue weighted by molar-refractivity contribution is -0.117. The van der Waals surface area contributed by atoms with Gasteiger partial charge in [-0.15, -0.1) is 0 Å². The van der Waals surface area contributed by atoms with Gasteiger partial charge in [-0.3, -0.25) is 9.69 Å². The Morgan fingerprint density at radius 3 is 2.58 bits per heavy atom. The minimum atomic E-state index is 0.275. The predicted octanol–water partition coefficient (Wildman–Crippen LogP) is 3.90. The van der Waals surface area contributed by atoms with Crippen LogP contribution in [0.2, 0.25) is 0 Å². The molecule has 1 aromatic carbocycles. The fourth-order valence-corrected chi connectivity index (χ4v) is 5.11. The van der Waals surface area contributed by atoms with E-state index >= 15 is 0 Å². The number of hydrogen-bond acceptors (Lipinski definition) is 3. The summed E-state index contributed by atoms with van der Waals surface area (Å²) in [6, 6.07) is 9.39. The number of hydrogen-bond donors (Lipinski definition) is 0. The lowest BCUT2D eigenvalue weighted by Gasteiger charge is -2.38. The second-order valence-corrected chi connectivity index (χ2v) is 8.33. The molecule has 1 amide bonds. The summed E-state index contributed by atoms with van der Waals surface area (Å²) in [5.74, 6) is 1.21. The summed E-state index contributed by atoms with van der Waals surface area (Å²) in [6.07, 6.45) is 8.36. The first-order chi connectivity index (χ1) is 12.7. The maximum Gasteiger partial charge on any atom is 0.227 e. The Labute approximate surface area is 158 Å². The molecule has 4 nitrogen and oxygen atoms in total. The highest BCUT2D eigenvalue weighted by Gasteiger charge is 2.30. The molecule has 0 bridgehead atoms. The van der Waals surface area contributed by atoms with Crippen LogP contribution >= 0.6 is 0 Å². The molecule has 1 aromatic rings. The standard InChI is InChI=1S/C22H33N3O/c1-2-5-18-9-13-24(17-18)19-10-14-23(15-11-19)20-6-3-7-21(16-20)25-12-4-8-22(25)26/h3,6-7,16,18-19H,2,4-5,8-15,17H2,1H3. The fourth-order valence-electron chi connectivity index (χ4n) is 5.11. The first kappa shape index (κ1) is 17.8. The molecule has 3 saturated heterocycles. The summed E-state index contributed by atoms with van der Waals surface area (Å²) in [5.41, 5.74) is 2.36. The van der Waals surface area contributed by atoms with Crippen molar-refractivity contribution in [2.45, 2.75) is 57.9 Å². The average molecular weight is 356 g/mol. The van der Waals surface area contributed by atoms with Crippen LogP contribution in [0.15, 0.2) is 24.3 Å². The molecule has 142 valence electrons. The summed E-state index contributed by atoms with van der Waals surface area (Å²) in [6.45, 7) is 8.09. The van der Waals surface area contributed by atoms with Crippen molar-refractivity contribution in [1.29, 1.82) is 0 Å². The maximum atomic E-state index is 12.0. The number of nitrogens with zero attached hydrogens (tertiary/aromatic N) is 3. The van der Waals surface area contributed by atoms with Crippen molar-refractivity contribution in [1.82, 2.24) is 4.90 Å². The van der Waals surface area contributed by atoms with Crippen LogP contribution in [0.1, 0.15) is 51.9 Å². The number of anilines is 2. The highest BCUT2D eigenvalue weighted by atomic mass is 16.2. The molecule has 0 N–H and O–H groups in total. The van der Waals surface area contributed by atoms with Gasteiger partial charge in [-0.05, 0) is 62.8 Å². The molecule has 0 spiro atoms. The van der Waals surface area contributed by atoms with E-state index in [1.54, 1.807) is 0 Å². The van der Waals surface area contributed by atoms with E-state index < -0.39 is 0 Å². The molecule has 1 atom stereocenters. The number of benzene rings is 1. The molecule has 3 aliphatic rings. The summed E-state index contributed by atoms with van der Waals surface area (Å²) in [7, 11) is 0. The molecule has 3 heterocycles. The molecule has 0 aliphatic carbocycles. The summed E-state index contributed by atoms with van der Waals surface area (Å²) in [5, 5.41) is 0. The minimum Gasteiger partial charge on any atom is -0.371 e. The molecular formula is C22H33N3O. The van der Waals surface area contributed by atoms with Crippen LogP contribution in [-0.4, -0.2) is 49.6 Å². The van der Waals surface area contributed by atoms with E-state index in [2.05, 4.69) is 41.0 Å². The van der Waals surface area contributed by atoms with Crippen molar-refractivity contribution in [3.05, 3.63) is 24.3 Å². The smallest absolute Gasteiger partial charge is 0.227 e. The first-order valence-electron chi connectivity index (χ1n) is 10.6. The van der Waals surface area contributed by atoms with Crippen LogP contribution in [0.4, 0.5) is 11.4 Å². The van der Waals surface area contributed by atoms with Gasteiger partial charge in [0.25, 0.3) is 0 Å². The van der Waals surface area contributed by atoms with E-state index in [0.717, 1.165) is 43.7 Å². The normalized spacial score (nSPS) is 25.4. The predicted molar refractivity (Wildman–Crippen MR) is 108 cm³/mol. The van der Waals surface area contributed by atoms with Gasteiger partial charge >= 0.3 is 0 Å². The zero-order valence-corrected chi connectivity index (χ0v) is 16.2. The number of amides is 1. The zero-order valence-electron chi connectivity index (χ0n) is 16.2. The molecule has 26 heavy (non-hydrogen) atoms. The molecule has 0 aromatic heterocycles. The average Bonchev–Trinajstić information content (AvgIpc) is 3.31. The molecule has 0 saturated carbocycles. The van der Waals surface area contributed by atoms with Gasteiger partial charge in [-0.25, -0.2) is 0 Å². The van der Waals surface area contributed by atoms with Crippen LogP contribution in [0.3, 0.4) is 0 Å². The Morgan fingerprint density at radius 2 is 1.85 bits per heavy atom. The quantitative estimate of drug-likeness (QED) is 0.801. The van der Waals surface area contributed by atoms with Crippen LogP contribution in [0.5, 0.6) is 0 Å². The number of piperidine rings is 1. The summed E-state index contributed by atoms with van der Waals surface area (Å²) in [4.78, 5) is 19.3. The van der Waals surface area contributed by atoms with Gasteiger partial charge in [0, 0.05) is 50.0 Å². The number of carbonyl (C=O) groups is 1. The number of carbonyl (C=O) groups excluding carboxylic acids is 1. The van der Waals surface area contributed by atoms with Crippen molar-refractivity contribution in [2.24, 2.45) is 5.92 Å². The monoisotopic (exact) mass is 355 g/mol. The van der Waals surface area contributed by atoms with Gasteiger partial charge in [0.1, 0.15) is 0 Å². The summed E-state index contributed by atoms with van der Waals surface area (Å²) >= 11 is 0. The number of rotatable bonds is 5. The second-order valence-electron chi connectivity index (χ2n) is 8.33. The Hall–Kier alpha value is -1.55. The van der Waals surface area contributed by atoms with Crippen molar-refractivity contribution in [3.8, 4) is 0 Å². The maximum absolute atomic E-state index is 12.0. The molecule has 1 unspecified atom stereocenters. The zero-order chi connectivity index (χ0) is 17.9. The molecule has 4 heteroatoms. The molecule has 3 fully saturated rings. The Balaban J connectivity index is 1.34. The topological polar surface area (TPSA) is 26.8 Å². The van der Waals surface area contributed by atoms with E-state index in [4.69, 9.17) is 0 Å². The van der Waals surface area contributed by atoms with Crippen LogP contribution in [0.25, 0.3) is 0 Å². The minimum absolute atomic E-state index is 0.275. The van der Waals surface area contributed by atoms with Crippen LogP contribution in [0, 0.1) is 5.92 Å². The van der Waals surface area contributed by atoms with E-state index in [0.29, 0.717) is 6.42 Å². The first-order valence-corrected chi connectivity index (χ1v) is 10.6. The summed E-state index contributed by atoms with van der Waals surface area (Å²) < 4.78 is 0. The Kier molecular flexibility index (Phi) is 5.49. The van der Waals surface area contributed by atoms with Crippen molar-refractivity contribution < 1.29 is 4.79 Å². The molecule has 4 rings (SSSR count). The number of likely N-dealkylation sites (tertiary alicyclic amines) is 1. The van der Waals surface area contributed by atoms with Crippen molar-refractivity contribution in [2.75, 3.05) is 42.5 Å². The highest BCUT2D eigenvalue weighted by molar-refractivity contribution is 5.95. The van der Waals surface area contributed by atoms with Gasteiger partial charge in [0.15, 0.2) is 0 Å². The van der Waals surface area contributed by atoms with E-state index in [1.165, 1.54) is 50.9 Å². The Bertz CT molecular complexity index is 624. The van der Waals surface area contributed by atoms with Crippen molar-refractivity contribution in [3.63, 3.8) is 0 Å². The lowest BCUT2D eigenvalue weighted by atomic mass is 10.0. The fraction of sp³-hybridized carbons (Fsp3) is 0.682. The lowest BCUT2D eigenvalue weighted by Crippen LogP contribution is -2.44. The molecule has 3 aliphatic heterocycles. The van der Waals surface area contributed by atoms with Gasteiger partial charge in [0.2, 0.25) is 5.91 Å². The van der Waals surface area contributed by atoms with Crippen molar-refractivity contribution >= 4 is 17.3 Å². The van der Waals surface area contributed by atoms with Gasteiger partial charge in [-0.1, -0.05) is 19.4 Å². The largest absolute Gasteiger partial charge is 0.371 e. The van der Waals surface area contributed by atoms with Gasteiger partial charge in [0.05, 0.1) is 0 Å². The van der Waals surface area contributed by atoms with Crippen LogP contribution in [-0.2, 0) is 4.79 Å². The van der Waals surface area contributed by atoms with Gasteiger partial charge < -0.3 is 9.80 Å². The van der Waals surface area contributed by atoms with E-state index in [-0.39, 0.29) is 5.91 Å². The Morgan fingerprint density at radius 1 is 1.04 bits per heavy atom. The third-order valence-electron chi connectivity index (χ3n) is 6.58. The highest BCUT2D eigenvalue weighted by Crippen LogP contribution is 2.30. The van der Waals surface area contributed by atoms with Crippen LogP contribution < -0.4 is 9.80 Å². The van der Waals surface area contributed by atoms with E-state index in [9.17, 15) is 4.79 Å². The third-order valence-corrected chi connectivity index (χ3v) is 6.58. The molecular weight excluding hydrogens is 322 g/mol. The van der Waals surface area contributed by atoms with E-state index in [1.807, 2.05) is 4.90 Å². The molecule has 0 radical (unpaired) electrons. The van der Waals surface area contributed by atoms with Gasteiger partial charge in [-0.2, -0.15) is 0 Å². The third kappa shape index (κ3) is 3.75. The second kappa shape index (κ2) is 7.99.